The summed E-state index contributed by atoms with van der Waals surface area (Å²) in [6.45, 7) is 4.04. The second kappa shape index (κ2) is 4.61. The van der Waals surface area contributed by atoms with E-state index in [2.05, 4.69) is 0 Å². The molecule has 0 spiro atoms. The van der Waals surface area contributed by atoms with Crippen molar-refractivity contribution in [2.24, 2.45) is 17.6 Å². The van der Waals surface area contributed by atoms with Crippen LogP contribution in [0.4, 0.5) is 0 Å². The number of aryl methyl sites for hydroxylation is 2. The molecule has 1 aromatic carbocycles. The Balaban J connectivity index is 2.28. The molecule has 98 valence electrons. The Morgan fingerprint density at radius 2 is 2.06 bits per heavy atom. The summed E-state index contributed by atoms with van der Waals surface area (Å²) in [6.07, 6.45) is 0.659. The Bertz CT molecular complexity index is 484. The van der Waals surface area contributed by atoms with Crippen LogP contribution in [0.25, 0.3) is 0 Å². The van der Waals surface area contributed by atoms with Crippen molar-refractivity contribution < 1.29 is 14.6 Å². The van der Waals surface area contributed by atoms with Crippen LogP contribution in [0, 0.1) is 25.7 Å². The van der Waals surface area contributed by atoms with Gasteiger partial charge in [-0.2, -0.15) is 0 Å². The van der Waals surface area contributed by atoms with Gasteiger partial charge in [0.25, 0.3) is 0 Å². The number of benzene rings is 1. The zero-order valence-electron chi connectivity index (χ0n) is 10.9. The quantitative estimate of drug-likeness (QED) is 0.856. The van der Waals surface area contributed by atoms with Gasteiger partial charge in [-0.3, -0.25) is 4.79 Å². The largest absolute Gasteiger partial charge is 0.496 e. The lowest BCUT2D eigenvalue weighted by Crippen LogP contribution is -2.17. The first-order valence-corrected chi connectivity index (χ1v) is 6.09. The minimum atomic E-state index is -0.752. The fourth-order valence-corrected chi connectivity index (χ4v) is 2.38. The molecule has 0 amide bonds. The van der Waals surface area contributed by atoms with Gasteiger partial charge in [0.2, 0.25) is 0 Å². The summed E-state index contributed by atoms with van der Waals surface area (Å²) in [5.41, 5.74) is 9.39. The van der Waals surface area contributed by atoms with E-state index < -0.39 is 5.97 Å². The number of hydrogen-bond donors (Lipinski definition) is 2. The van der Waals surface area contributed by atoms with Crippen LogP contribution in [0.15, 0.2) is 12.1 Å². The molecule has 0 heterocycles. The molecule has 4 nitrogen and oxygen atoms in total. The predicted octanol–water partition coefficient (Wildman–Crippen LogP) is 2.03. The summed E-state index contributed by atoms with van der Waals surface area (Å²) in [5.74, 6) is -0.273. The Kier molecular flexibility index (Phi) is 3.30. The highest BCUT2D eigenvalue weighted by atomic mass is 16.5. The van der Waals surface area contributed by atoms with E-state index in [0.717, 1.165) is 22.4 Å². The van der Waals surface area contributed by atoms with E-state index in [9.17, 15) is 4.79 Å². The molecular formula is C14H19NO3. The molecule has 0 bridgehead atoms. The van der Waals surface area contributed by atoms with Crippen molar-refractivity contribution in [2.45, 2.75) is 26.3 Å². The summed E-state index contributed by atoms with van der Waals surface area (Å²) in [7, 11) is 1.61. The highest BCUT2D eigenvalue weighted by molar-refractivity contribution is 5.73. The van der Waals surface area contributed by atoms with Crippen LogP contribution in [0.3, 0.4) is 0 Å². The van der Waals surface area contributed by atoms with E-state index in [-0.39, 0.29) is 17.9 Å². The van der Waals surface area contributed by atoms with Gasteiger partial charge in [0.1, 0.15) is 5.75 Å². The van der Waals surface area contributed by atoms with Crippen LogP contribution in [-0.4, -0.2) is 18.2 Å². The Morgan fingerprint density at radius 3 is 2.56 bits per heavy atom. The maximum absolute atomic E-state index is 10.9. The monoisotopic (exact) mass is 249 g/mol. The van der Waals surface area contributed by atoms with Gasteiger partial charge in [0.05, 0.1) is 13.0 Å². The molecule has 0 saturated heterocycles. The van der Waals surface area contributed by atoms with Crippen LogP contribution in [0.1, 0.15) is 29.2 Å². The lowest BCUT2D eigenvalue weighted by molar-refractivity contribution is -0.138. The molecule has 1 saturated carbocycles. The van der Waals surface area contributed by atoms with Gasteiger partial charge >= 0.3 is 5.97 Å². The van der Waals surface area contributed by atoms with Crippen molar-refractivity contribution in [1.82, 2.24) is 0 Å². The molecule has 1 aliphatic carbocycles. The zero-order chi connectivity index (χ0) is 13.4. The average Bonchev–Trinajstić information content (AvgIpc) is 3.11. The summed E-state index contributed by atoms with van der Waals surface area (Å²) >= 11 is 0. The third-order valence-corrected chi connectivity index (χ3v) is 3.82. The first kappa shape index (κ1) is 12.9. The van der Waals surface area contributed by atoms with Gasteiger partial charge in [0.15, 0.2) is 0 Å². The molecular weight excluding hydrogens is 230 g/mol. The maximum Gasteiger partial charge on any atom is 0.306 e. The Hall–Kier alpha value is -1.55. The molecule has 1 fully saturated rings. The molecule has 3 N–H and O–H groups in total. The SMILES string of the molecule is COc1cc(C)c(C)cc1C(N)C1CC1C(=O)O. The van der Waals surface area contributed by atoms with E-state index in [1.54, 1.807) is 7.11 Å². The number of ether oxygens (including phenoxy) is 1. The van der Waals surface area contributed by atoms with Crippen molar-refractivity contribution >= 4 is 5.97 Å². The van der Waals surface area contributed by atoms with Crippen molar-refractivity contribution in [3.8, 4) is 5.75 Å². The van der Waals surface area contributed by atoms with Gasteiger partial charge in [-0.1, -0.05) is 6.07 Å². The van der Waals surface area contributed by atoms with E-state index >= 15 is 0 Å². The van der Waals surface area contributed by atoms with Gasteiger partial charge in [-0.05, 0) is 43.4 Å². The zero-order valence-corrected chi connectivity index (χ0v) is 10.9. The highest BCUT2D eigenvalue weighted by Gasteiger charge is 2.47. The summed E-state index contributed by atoms with van der Waals surface area (Å²) in [6, 6.07) is 3.71. The normalized spacial score (nSPS) is 23.6. The number of carbonyl (C=O) groups is 1. The maximum atomic E-state index is 10.9. The summed E-state index contributed by atoms with van der Waals surface area (Å²) < 4.78 is 5.35. The molecule has 0 radical (unpaired) electrons. The van der Waals surface area contributed by atoms with Crippen LogP contribution >= 0.6 is 0 Å². The fourth-order valence-electron chi connectivity index (χ4n) is 2.38. The number of carboxylic acids is 1. The topological polar surface area (TPSA) is 72.5 Å². The van der Waals surface area contributed by atoms with Gasteiger partial charge < -0.3 is 15.6 Å². The van der Waals surface area contributed by atoms with E-state index in [4.69, 9.17) is 15.6 Å². The smallest absolute Gasteiger partial charge is 0.306 e. The first-order chi connectivity index (χ1) is 8.45. The lowest BCUT2D eigenvalue weighted by atomic mass is 9.96. The molecule has 1 aromatic rings. The number of methoxy groups -OCH3 is 1. The molecule has 4 heteroatoms. The van der Waals surface area contributed by atoms with Crippen molar-refractivity contribution in [3.05, 3.63) is 28.8 Å². The molecule has 1 aliphatic rings. The third-order valence-electron chi connectivity index (χ3n) is 3.82. The molecule has 3 atom stereocenters. The number of hydrogen-bond acceptors (Lipinski definition) is 3. The minimum absolute atomic E-state index is 0.0264. The van der Waals surface area contributed by atoms with E-state index in [1.807, 2.05) is 26.0 Å². The predicted molar refractivity (Wildman–Crippen MR) is 68.6 cm³/mol. The average molecular weight is 249 g/mol. The van der Waals surface area contributed by atoms with Crippen molar-refractivity contribution in [3.63, 3.8) is 0 Å². The van der Waals surface area contributed by atoms with Crippen LogP contribution in [0.2, 0.25) is 0 Å². The Morgan fingerprint density at radius 1 is 1.44 bits per heavy atom. The van der Waals surface area contributed by atoms with Crippen LogP contribution in [0.5, 0.6) is 5.75 Å². The van der Waals surface area contributed by atoms with Crippen LogP contribution in [-0.2, 0) is 4.79 Å². The van der Waals surface area contributed by atoms with Crippen LogP contribution < -0.4 is 10.5 Å². The summed E-state index contributed by atoms with van der Waals surface area (Å²) in [5, 5.41) is 8.96. The Labute approximate surface area is 107 Å². The second-order valence-electron chi connectivity index (χ2n) is 5.05. The molecule has 0 aromatic heterocycles. The van der Waals surface area contributed by atoms with Crippen molar-refractivity contribution in [2.75, 3.05) is 7.11 Å². The highest BCUT2D eigenvalue weighted by Crippen LogP contribution is 2.48. The van der Waals surface area contributed by atoms with E-state index in [1.165, 1.54) is 0 Å². The standard InChI is InChI=1S/C14H19NO3/c1-7-4-11(12(18-3)5-8(7)2)13(15)9-6-10(9)14(16)17/h4-5,9-10,13H,6,15H2,1-3H3,(H,16,17). The molecule has 18 heavy (non-hydrogen) atoms. The minimum Gasteiger partial charge on any atom is -0.496 e. The lowest BCUT2D eigenvalue weighted by Gasteiger charge is -2.17. The van der Waals surface area contributed by atoms with Gasteiger partial charge in [0, 0.05) is 11.6 Å². The first-order valence-electron chi connectivity index (χ1n) is 6.09. The fraction of sp³-hybridized carbons (Fsp3) is 0.500. The number of rotatable bonds is 4. The van der Waals surface area contributed by atoms with Gasteiger partial charge in [-0.25, -0.2) is 0 Å². The third kappa shape index (κ3) is 2.20. The number of carboxylic acid groups (broad SMARTS) is 1. The number of aliphatic carboxylic acids is 1. The van der Waals surface area contributed by atoms with E-state index in [0.29, 0.717) is 6.42 Å². The molecule has 2 rings (SSSR count). The van der Waals surface area contributed by atoms with Crippen molar-refractivity contribution in [1.29, 1.82) is 0 Å². The second-order valence-corrected chi connectivity index (χ2v) is 5.05. The summed E-state index contributed by atoms with van der Waals surface area (Å²) in [4.78, 5) is 10.9. The van der Waals surface area contributed by atoms with Gasteiger partial charge in [-0.15, -0.1) is 0 Å². The number of nitrogens with two attached hydrogens (primary N) is 1. The molecule has 3 unspecified atom stereocenters. The molecule has 0 aliphatic heterocycles.